The molecule has 7 nitrogen and oxygen atoms in total. The summed E-state index contributed by atoms with van der Waals surface area (Å²) in [5.41, 5.74) is 0.818. The number of halogens is 2. The molecule has 2 aliphatic carbocycles. The van der Waals surface area contributed by atoms with Gasteiger partial charge in [0.1, 0.15) is 17.7 Å². The van der Waals surface area contributed by atoms with Gasteiger partial charge >= 0.3 is 0 Å². The molecule has 2 saturated carbocycles. The van der Waals surface area contributed by atoms with Gasteiger partial charge in [-0.15, -0.1) is 0 Å². The van der Waals surface area contributed by atoms with Gasteiger partial charge in [-0.25, -0.2) is 13.5 Å². The third kappa shape index (κ3) is 4.23. The first-order valence-corrected chi connectivity index (χ1v) is 9.11. The molecule has 2 aromatic rings. The van der Waals surface area contributed by atoms with Gasteiger partial charge in [0.2, 0.25) is 11.8 Å². The first-order chi connectivity index (χ1) is 12.9. The lowest BCUT2D eigenvalue weighted by Crippen LogP contribution is -2.34. The maximum atomic E-state index is 13.4. The Morgan fingerprint density at radius 2 is 2.00 bits per heavy atom. The third-order valence-electron chi connectivity index (χ3n) is 4.89. The summed E-state index contributed by atoms with van der Waals surface area (Å²) in [6.45, 7) is 1.86. The molecule has 0 aromatic carbocycles. The van der Waals surface area contributed by atoms with E-state index in [1.54, 1.807) is 12.3 Å². The molecule has 2 aliphatic rings. The Labute approximate surface area is 155 Å². The zero-order valence-electron chi connectivity index (χ0n) is 15.0. The van der Waals surface area contributed by atoms with Crippen molar-refractivity contribution in [2.24, 2.45) is 0 Å². The van der Waals surface area contributed by atoms with Crippen LogP contribution in [0.25, 0.3) is 5.95 Å². The molecular weight excluding hydrogens is 356 g/mol. The molecule has 9 heteroatoms. The molecule has 4 rings (SSSR count). The number of rotatable bonds is 5. The number of nitrogens with one attached hydrogen (secondary N) is 1. The van der Waals surface area contributed by atoms with Crippen LogP contribution in [-0.2, 0) is 4.79 Å². The number of carbonyl (C=O) groups is 1. The van der Waals surface area contributed by atoms with E-state index in [1.165, 1.54) is 4.68 Å². The zero-order valence-corrected chi connectivity index (χ0v) is 15.0. The van der Waals surface area contributed by atoms with Crippen LogP contribution in [0.5, 0.6) is 5.88 Å². The monoisotopic (exact) mass is 377 g/mol. The molecule has 2 fully saturated rings. The molecule has 144 valence electrons. The van der Waals surface area contributed by atoms with Crippen LogP contribution < -0.4 is 10.1 Å². The van der Waals surface area contributed by atoms with Crippen molar-refractivity contribution in [3.05, 3.63) is 24.0 Å². The van der Waals surface area contributed by atoms with Crippen LogP contribution in [-0.4, -0.2) is 43.6 Å². The molecule has 0 radical (unpaired) electrons. The summed E-state index contributed by atoms with van der Waals surface area (Å²) in [5.74, 6) is -1.24. The zero-order chi connectivity index (χ0) is 19.0. The van der Waals surface area contributed by atoms with Gasteiger partial charge in [-0.3, -0.25) is 4.79 Å². The summed E-state index contributed by atoms with van der Waals surface area (Å²) in [7, 11) is 0. The summed E-state index contributed by atoms with van der Waals surface area (Å²) in [6.07, 6.45) is 2.80. The van der Waals surface area contributed by atoms with E-state index in [0.717, 1.165) is 5.69 Å². The normalized spacial score (nSPS) is 20.3. The van der Waals surface area contributed by atoms with Gasteiger partial charge in [0.05, 0.1) is 5.69 Å². The Kier molecular flexibility index (Phi) is 4.53. The molecule has 0 bridgehead atoms. The van der Waals surface area contributed by atoms with Crippen LogP contribution >= 0.6 is 0 Å². The van der Waals surface area contributed by atoms with Crippen molar-refractivity contribution in [1.82, 2.24) is 19.7 Å². The van der Waals surface area contributed by atoms with Crippen molar-refractivity contribution in [1.29, 1.82) is 0 Å². The highest BCUT2D eigenvalue weighted by Gasteiger charge is 2.35. The van der Waals surface area contributed by atoms with E-state index < -0.39 is 5.92 Å². The fraction of sp³-hybridized carbons (Fsp3) is 0.556. The van der Waals surface area contributed by atoms with Crippen molar-refractivity contribution in [3.8, 4) is 11.8 Å². The van der Waals surface area contributed by atoms with Gasteiger partial charge in [0.15, 0.2) is 0 Å². The molecule has 2 heterocycles. The number of aromatic nitrogens is 4. The Morgan fingerprint density at radius 1 is 1.26 bits per heavy atom. The lowest BCUT2D eigenvalue weighted by Gasteiger charge is -2.29. The van der Waals surface area contributed by atoms with Gasteiger partial charge in [-0.2, -0.15) is 15.1 Å². The van der Waals surface area contributed by atoms with Crippen LogP contribution in [0.1, 0.15) is 44.2 Å². The minimum Gasteiger partial charge on any atom is -0.473 e. The number of ketones is 1. The second-order valence-corrected chi connectivity index (χ2v) is 7.25. The van der Waals surface area contributed by atoms with Crippen molar-refractivity contribution in [2.45, 2.75) is 63.5 Å². The van der Waals surface area contributed by atoms with Crippen molar-refractivity contribution < 1.29 is 18.3 Å². The number of carbonyl (C=O) groups excluding carboxylic acids is 1. The maximum Gasteiger partial charge on any atom is 0.255 e. The minimum absolute atomic E-state index is 0.0788. The van der Waals surface area contributed by atoms with Gasteiger partial charge < -0.3 is 10.1 Å². The van der Waals surface area contributed by atoms with E-state index >= 15 is 0 Å². The Morgan fingerprint density at radius 3 is 2.63 bits per heavy atom. The maximum absolute atomic E-state index is 13.4. The Balaban J connectivity index is 1.54. The molecule has 1 N–H and O–H groups in total. The van der Waals surface area contributed by atoms with Crippen LogP contribution in [0, 0.1) is 6.92 Å². The van der Waals surface area contributed by atoms with E-state index in [0.29, 0.717) is 43.3 Å². The fourth-order valence-corrected chi connectivity index (χ4v) is 3.27. The van der Waals surface area contributed by atoms with Crippen molar-refractivity contribution in [3.63, 3.8) is 0 Å². The molecule has 0 saturated heterocycles. The summed E-state index contributed by atoms with van der Waals surface area (Å²) in [6, 6.07) is 3.40. The van der Waals surface area contributed by atoms with E-state index in [9.17, 15) is 13.6 Å². The first kappa shape index (κ1) is 17.8. The lowest BCUT2D eigenvalue weighted by atomic mass is 9.92. The van der Waals surface area contributed by atoms with Crippen molar-refractivity contribution in [2.75, 3.05) is 5.32 Å². The van der Waals surface area contributed by atoms with Crippen LogP contribution in [0.3, 0.4) is 0 Å². The number of nitrogens with zero attached hydrogens (tertiary/aromatic N) is 4. The number of aryl methyl sites for hydroxylation is 1. The smallest absolute Gasteiger partial charge is 0.255 e. The Bertz CT molecular complexity index is 836. The summed E-state index contributed by atoms with van der Waals surface area (Å²) >= 11 is 0. The lowest BCUT2D eigenvalue weighted by molar-refractivity contribution is -0.129. The predicted octanol–water partition coefficient (Wildman–Crippen LogP) is 3.07. The number of anilines is 1. The molecule has 0 atom stereocenters. The largest absolute Gasteiger partial charge is 0.473 e. The summed E-state index contributed by atoms with van der Waals surface area (Å²) < 4.78 is 34.1. The predicted molar refractivity (Wildman–Crippen MR) is 93.4 cm³/mol. The molecule has 0 aliphatic heterocycles. The molecular formula is C18H21F2N5O2. The minimum atomic E-state index is -2.58. The number of alkyl halides is 2. The first-order valence-electron chi connectivity index (χ1n) is 9.11. The second kappa shape index (κ2) is 6.86. The molecule has 2 aromatic heterocycles. The molecule has 0 amide bonds. The average molecular weight is 377 g/mol. The standard InChI is InChI=1S/C18H21F2N5O2/c1-11-4-7-25(24-11)17-22-15(21-12-2-5-18(19,20)6-3-12)10-16(23-17)27-14-8-13(26)9-14/h4,7,10,12,14H,2-3,5-6,8-9H2,1H3,(H,21,22,23). The molecule has 0 spiro atoms. The summed E-state index contributed by atoms with van der Waals surface area (Å²) in [4.78, 5) is 20.0. The summed E-state index contributed by atoms with van der Waals surface area (Å²) in [5, 5.41) is 7.53. The number of hydrogen-bond acceptors (Lipinski definition) is 6. The fourth-order valence-electron chi connectivity index (χ4n) is 3.27. The number of ether oxygens (including phenoxy) is 1. The second-order valence-electron chi connectivity index (χ2n) is 7.25. The van der Waals surface area contributed by atoms with Gasteiger partial charge in [0, 0.05) is 44.0 Å². The van der Waals surface area contributed by atoms with E-state index in [-0.39, 0.29) is 30.8 Å². The van der Waals surface area contributed by atoms with Crippen LogP contribution in [0.2, 0.25) is 0 Å². The number of Topliss-reactive ketones (excluding diaryl/α,β-unsaturated/α-hetero) is 1. The Hall–Kier alpha value is -2.58. The van der Waals surface area contributed by atoms with Gasteiger partial charge in [-0.1, -0.05) is 0 Å². The van der Waals surface area contributed by atoms with Crippen LogP contribution in [0.4, 0.5) is 14.6 Å². The van der Waals surface area contributed by atoms with Crippen molar-refractivity contribution >= 4 is 11.6 Å². The van der Waals surface area contributed by atoms with Crippen LogP contribution in [0.15, 0.2) is 18.3 Å². The van der Waals surface area contributed by atoms with E-state index in [1.807, 2.05) is 13.0 Å². The highest BCUT2D eigenvalue weighted by molar-refractivity contribution is 5.85. The van der Waals surface area contributed by atoms with Gasteiger partial charge in [-0.05, 0) is 25.8 Å². The SMILES string of the molecule is Cc1ccn(-c2nc(NC3CCC(F)(F)CC3)cc(OC3CC(=O)C3)n2)n1. The number of hydrogen-bond donors (Lipinski definition) is 1. The van der Waals surface area contributed by atoms with E-state index in [4.69, 9.17) is 4.74 Å². The van der Waals surface area contributed by atoms with Gasteiger partial charge in [0.25, 0.3) is 5.95 Å². The average Bonchev–Trinajstić information content (AvgIpc) is 3.02. The topological polar surface area (TPSA) is 81.9 Å². The quantitative estimate of drug-likeness (QED) is 0.862. The molecule has 27 heavy (non-hydrogen) atoms. The van der Waals surface area contributed by atoms with E-state index in [2.05, 4.69) is 20.4 Å². The highest BCUT2D eigenvalue weighted by atomic mass is 19.3. The third-order valence-corrected chi connectivity index (χ3v) is 4.89. The molecule has 0 unspecified atom stereocenters. The highest BCUT2D eigenvalue weighted by Crippen LogP contribution is 2.34.